The Balaban J connectivity index is 2.52. The van der Waals surface area contributed by atoms with Gasteiger partial charge in [-0.1, -0.05) is 13.8 Å². The molecule has 5 nitrogen and oxygen atoms in total. The van der Waals surface area contributed by atoms with Crippen molar-refractivity contribution in [3.63, 3.8) is 0 Å². The number of hydrogen-bond acceptors (Lipinski definition) is 4. The van der Waals surface area contributed by atoms with Crippen LogP contribution in [0.2, 0.25) is 0 Å². The van der Waals surface area contributed by atoms with Gasteiger partial charge < -0.3 is 10.1 Å². The van der Waals surface area contributed by atoms with Crippen LogP contribution < -0.4 is 10.1 Å². The van der Waals surface area contributed by atoms with Crippen molar-refractivity contribution in [2.24, 2.45) is 0 Å². The maximum absolute atomic E-state index is 11.6. The van der Waals surface area contributed by atoms with Crippen molar-refractivity contribution in [1.82, 2.24) is 5.32 Å². The SMILES string of the molecule is CCC(CC)NC(=O)COc1ccc(S(C)(=O)=O)cc1. The Morgan fingerprint density at radius 3 is 2.20 bits per heavy atom. The molecule has 0 atom stereocenters. The number of nitrogens with one attached hydrogen (secondary N) is 1. The van der Waals surface area contributed by atoms with E-state index in [0.717, 1.165) is 19.1 Å². The average molecular weight is 299 g/mol. The zero-order valence-electron chi connectivity index (χ0n) is 12.0. The Morgan fingerprint density at radius 1 is 1.20 bits per heavy atom. The molecule has 0 spiro atoms. The molecule has 0 radical (unpaired) electrons. The maximum atomic E-state index is 11.6. The Kier molecular flexibility index (Phi) is 6.01. The molecule has 1 rings (SSSR count). The van der Waals surface area contributed by atoms with Gasteiger partial charge in [0.05, 0.1) is 4.90 Å². The molecule has 0 heterocycles. The molecule has 0 unspecified atom stereocenters. The lowest BCUT2D eigenvalue weighted by Crippen LogP contribution is -2.37. The molecule has 0 fully saturated rings. The van der Waals surface area contributed by atoms with Gasteiger partial charge in [0.2, 0.25) is 0 Å². The first-order valence-electron chi connectivity index (χ1n) is 6.59. The molecule has 0 aliphatic heterocycles. The Morgan fingerprint density at radius 2 is 1.75 bits per heavy atom. The highest BCUT2D eigenvalue weighted by Gasteiger charge is 2.10. The van der Waals surface area contributed by atoms with Crippen LogP contribution in [0.5, 0.6) is 5.75 Å². The van der Waals surface area contributed by atoms with Gasteiger partial charge in [-0.3, -0.25) is 4.79 Å². The quantitative estimate of drug-likeness (QED) is 0.833. The molecule has 1 aromatic carbocycles. The minimum atomic E-state index is -3.21. The number of ether oxygens (including phenoxy) is 1. The smallest absolute Gasteiger partial charge is 0.258 e. The molecule has 0 bridgehead atoms. The maximum Gasteiger partial charge on any atom is 0.258 e. The third-order valence-electron chi connectivity index (χ3n) is 2.97. The van der Waals surface area contributed by atoms with Crippen LogP contribution >= 0.6 is 0 Å². The number of benzene rings is 1. The zero-order valence-corrected chi connectivity index (χ0v) is 12.9. The predicted octanol–water partition coefficient (Wildman–Crippen LogP) is 1.77. The predicted molar refractivity (Wildman–Crippen MR) is 77.6 cm³/mol. The van der Waals surface area contributed by atoms with E-state index in [1.165, 1.54) is 12.1 Å². The lowest BCUT2D eigenvalue weighted by molar-refractivity contribution is -0.123. The first kappa shape index (κ1) is 16.5. The van der Waals surface area contributed by atoms with Crippen LogP contribution in [0.15, 0.2) is 29.2 Å². The van der Waals surface area contributed by atoms with Crippen molar-refractivity contribution >= 4 is 15.7 Å². The van der Waals surface area contributed by atoms with Gasteiger partial charge in [0.1, 0.15) is 5.75 Å². The fourth-order valence-corrected chi connectivity index (χ4v) is 2.32. The first-order valence-corrected chi connectivity index (χ1v) is 8.48. The van der Waals surface area contributed by atoms with Crippen LogP contribution in [0.25, 0.3) is 0 Å². The largest absolute Gasteiger partial charge is 0.484 e. The summed E-state index contributed by atoms with van der Waals surface area (Å²) in [5.74, 6) is 0.294. The van der Waals surface area contributed by atoms with Gasteiger partial charge in [-0.2, -0.15) is 0 Å². The summed E-state index contributed by atoms with van der Waals surface area (Å²) in [5.41, 5.74) is 0. The second kappa shape index (κ2) is 7.28. The van der Waals surface area contributed by atoms with E-state index in [0.29, 0.717) is 5.75 Å². The number of carbonyl (C=O) groups is 1. The van der Waals surface area contributed by atoms with Crippen LogP contribution in [0, 0.1) is 0 Å². The van der Waals surface area contributed by atoms with E-state index in [1.54, 1.807) is 12.1 Å². The second-order valence-electron chi connectivity index (χ2n) is 4.61. The van der Waals surface area contributed by atoms with Crippen molar-refractivity contribution in [3.8, 4) is 5.75 Å². The summed E-state index contributed by atoms with van der Waals surface area (Å²) in [7, 11) is -3.21. The average Bonchev–Trinajstić information content (AvgIpc) is 2.42. The highest BCUT2D eigenvalue weighted by atomic mass is 32.2. The number of sulfone groups is 1. The van der Waals surface area contributed by atoms with E-state index in [-0.39, 0.29) is 23.5 Å². The summed E-state index contributed by atoms with van der Waals surface area (Å²) >= 11 is 0. The Bertz CT molecular complexity index is 533. The molecule has 0 saturated heterocycles. The van der Waals surface area contributed by atoms with Gasteiger partial charge in [-0.05, 0) is 37.1 Å². The minimum absolute atomic E-state index is 0.0747. The van der Waals surface area contributed by atoms with Gasteiger partial charge >= 0.3 is 0 Å². The van der Waals surface area contributed by atoms with Gasteiger partial charge in [-0.15, -0.1) is 0 Å². The van der Waals surface area contributed by atoms with Crippen LogP contribution in [0.1, 0.15) is 26.7 Å². The Labute approximate surface area is 120 Å². The van der Waals surface area contributed by atoms with Crippen molar-refractivity contribution in [2.75, 3.05) is 12.9 Å². The third-order valence-corrected chi connectivity index (χ3v) is 4.10. The number of carbonyl (C=O) groups excluding carboxylic acids is 1. The monoisotopic (exact) mass is 299 g/mol. The second-order valence-corrected chi connectivity index (χ2v) is 6.63. The molecule has 1 N–H and O–H groups in total. The summed E-state index contributed by atoms with van der Waals surface area (Å²) in [6, 6.07) is 6.17. The standard InChI is InChI=1S/C14H21NO4S/c1-4-11(5-2)15-14(16)10-19-12-6-8-13(9-7-12)20(3,17)18/h6-9,11H,4-5,10H2,1-3H3,(H,15,16). The van der Waals surface area contributed by atoms with Crippen molar-refractivity contribution in [1.29, 1.82) is 0 Å². The molecule has 20 heavy (non-hydrogen) atoms. The van der Waals surface area contributed by atoms with Crippen LogP contribution in [0.3, 0.4) is 0 Å². The Hall–Kier alpha value is -1.56. The van der Waals surface area contributed by atoms with E-state index in [9.17, 15) is 13.2 Å². The van der Waals surface area contributed by atoms with Gasteiger partial charge in [0, 0.05) is 12.3 Å². The fraction of sp³-hybridized carbons (Fsp3) is 0.500. The third kappa shape index (κ3) is 5.21. The lowest BCUT2D eigenvalue weighted by atomic mass is 10.2. The topological polar surface area (TPSA) is 72.5 Å². The van der Waals surface area contributed by atoms with E-state index in [2.05, 4.69) is 5.32 Å². The fourth-order valence-electron chi connectivity index (χ4n) is 1.69. The van der Waals surface area contributed by atoms with E-state index >= 15 is 0 Å². The molecule has 0 aliphatic rings. The molecule has 0 aliphatic carbocycles. The van der Waals surface area contributed by atoms with Crippen LogP contribution in [-0.4, -0.2) is 33.2 Å². The number of rotatable bonds is 7. The van der Waals surface area contributed by atoms with E-state index in [1.807, 2.05) is 13.8 Å². The molecule has 0 saturated carbocycles. The first-order chi connectivity index (χ1) is 9.36. The number of amides is 1. The molecular weight excluding hydrogens is 278 g/mol. The lowest BCUT2D eigenvalue weighted by Gasteiger charge is -2.15. The highest BCUT2D eigenvalue weighted by Crippen LogP contribution is 2.15. The van der Waals surface area contributed by atoms with Crippen molar-refractivity contribution in [3.05, 3.63) is 24.3 Å². The molecule has 0 aromatic heterocycles. The minimum Gasteiger partial charge on any atom is -0.484 e. The molecule has 1 aromatic rings. The van der Waals surface area contributed by atoms with Crippen LogP contribution in [0.4, 0.5) is 0 Å². The van der Waals surface area contributed by atoms with Gasteiger partial charge in [0.15, 0.2) is 16.4 Å². The summed E-state index contributed by atoms with van der Waals surface area (Å²) in [6.45, 7) is 3.95. The van der Waals surface area contributed by atoms with Crippen molar-refractivity contribution < 1.29 is 17.9 Å². The summed E-state index contributed by atoms with van der Waals surface area (Å²) in [4.78, 5) is 11.9. The highest BCUT2D eigenvalue weighted by molar-refractivity contribution is 7.90. The van der Waals surface area contributed by atoms with E-state index in [4.69, 9.17) is 4.74 Å². The molecular formula is C14H21NO4S. The molecule has 6 heteroatoms. The summed E-state index contributed by atoms with van der Waals surface area (Å²) in [6.07, 6.45) is 2.91. The molecule has 1 amide bonds. The van der Waals surface area contributed by atoms with Crippen molar-refractivity contribution in [2.45, 2.75) is 37.6 Å². The van der Waals surface area contributed by atoms with Gasteiger partial charge in [0.25, 0.3) is 5.91 Å². The zero-order chi connectivity index (χ0) is 15.2. The summed E-state index contributed by atoms with van der Waals surface area (Å²) < 4.78 is 27.9. The normalized spacial score (nSPS) is 11.4. The van der Waals surface area contributed by atoms with Crippen LogP contribution in [-0.2, 0) is 14.6 Å². The summed E-state index contributed by atoms with van der Waals surface area (Å²) in [5, 5.41) is 2.86. The molecule has 112 valence electrons. The van der Waals surface area contributed by atoms with E-state index < -0.39 is 9.84 Å². The number of hydrogen-bond donors (Lipinski definition) is 1. The van der Waals surface area contributed by atoms with Gasteiger partial charge in [-0.25, -0.2) is 8.42 Å².